The molecule has 0 aromatic heterocycles. The van der Waals surface area contributed by atoms with Gasteiger partial charge in [-0.1, -0.05) is 64.1 Å². The molecule has 2 aromatic rings. The van der Waals surface area contributed by atoms with Crippen LogP contribution in [0.4, 0.5) is 0 Å². The van der Waals surface area contributed by atoms with Crippen molar-refractivity contribution in [3.05, 3.63) is 54.4 Å². The Labute approximate surface area is 171 Å². The van der Waals surface area contributed by atoms with Gasteiger partial charge in [-0.05, 0) is 31.0 Å². The van der Waals surface area contributed by atoms with Gasteiger partial charge in [0, 0.05) is 11.6 Å². The van der Waals surface area contributed by atoms with Crippen LogP contribution in [0.15, 0.2) is 18.2 Å². The van der Waals surface area contributed by atoms with Gasteiger partial charge < -0.3 is 15.2 Å². The Bertz CT molecular complexity index is 751. The standard InChI is InChI=1S/C17H16Cl5NO2/c1-8(23)5-9-3-4-11(24-2)10(6-9)7-25-17-15(21)13(19)12(18)14(20)16(17)22/h3-4,6,8H,5,7,23H2,1-2H3. The third-order valence-electron chi connectivity index (χ3n) is 3.44. The molecule has 2 aromatic carbocycles. The van der Waals surface area contributed by atoms with Gasteiger partial charge in [0.2, 0.25) is 0 Å². The van der Waals surface area contributed by atoms with Gasteiger partial charge >= 0.3 is 0 Å². The first-order valence-electron chi connectivity index (χ1n) is 7.31. The average molecular weight is 444 g/mol. The fraction of sp³-hybridized carbons (Fsp3) is 0.294. The Morgan fingerprint density at radius 1 is 0.960 bits per heavy atom. The van der Waals surface area contributed by atoms with Crippen LogP contribution in [-0.4, -0.2) is 13.2 Å². The summed E-state index contributed by atoms with van der Waals surface area (Å²) in [4.78, 5) is 0. The molecule has 0 bridgehead atoms. The lowest BCUT2D eigenvalue weighted by molar-refractivity contribution is 0.297. The fourth-order valence-electron chi connectivity index (χ4n) is 2.30. The number of methoxy groups -OCH3 is 1. The van der Waals surface area contributed by atoms with E-state index in [1.165, 1.54) is 0 Å². The highest BCUT2D eigenvalue weighted by atomic mass is 35.5. The fourth-order valence-corrected chi connectivity index (χ4v) is 3.54. The van der Waals surface area contributed by atoms with Gasteiger partial charge in [0.15, 0.2) is 5.75 Å². The molecule has 0 aliphatic carbocycles. The summed E-state index contributed by atoms with van der Waals surface area (Å²) in [6, 6.07) is 5.83. The van der Waals surface area contributed by atoms with Crippen molar-refractivity contribution in [2.24, 2.45) is 5.73 Å². The van der Waals surface area contributed by atoms with E-state index in [4.69, 9.17) is 73.2 Å². The second-order valence-corrected chi connectivity index (χ2v) is 7.41. The molecule has 0 aliphatic heterocycles. The topological polar surface area (TPSA) is 44.5 Å². The Kier molecular flexibility index (Phi) is 7.39. The van der Waals surface area contributed by atoms with Crippen LogP contribution in [0.3, 0.4) is 0 Å². The van der Waals surface area contributed by atoms with E-state index in [1.54, 1.807) is 7.11 Å². The zero-order valence-corrected chi connectivity index (χ0v) is 17.3. The minimum absolute atomic E-state index is 0.0416. The van der Waals surface area contributed by atoms with Crippen LogP contribution in [-0.2, 0) is 13.0 Å². The zero-order chi connectivity index (χ0) is 18.7. The molecule has 3 nitrogen and oxygen atoms in total. The Morgan fingerprint density at radius 2 is 1.52 bits per heavy atom. The predicted molar refractivity (Wildman–Crippen MR) is 106 cm³/mol. The van der Waals surface area contributed by atoms with Crippen molar-refractivity contribution >= 4 is 58.0 Å². The predicted octanol–water partition coefficient (Wildman–Crippen LogP) is 6.43. The molecule has 0 saturated heterocycles. The van der Waals surface area contributed by atoms with Crippen molar-refractivity contribution in [3.8, 4) is 11.5 Å². The quantitative estimate of drug-likeness (QED) is 0.413. The normalized spacial score (nSPS) is 12.2. The van der Waals surface area contributed by atoms with E-state index < -0.39 is 0 Å². The van der Waals surface area contributed by atoms with Gasteiger partial charge in [-0.3, -0.25) is 0 Å². The maximum atomic E-state index is 6.18. The molecule has 0 heterocycles. The molecule has 2 N–H and O–H groups in total. The number of benzene rings is 2. The molecule has 0 aliphatic rings. The monoisotopic (exact) mass is 441 g/mol. The van der Waals surface area contributed by atoms with E-state index in [0.29, 0.717) is 5.75 Å². The highest BCUT2D eigenvalue weighted by molar-refractivity contribution is 6.55. The van der Waals surface area contributed by atoms with E-state index in [2.05, 4.69) is 0 Å². The van der Waals surface area contributed by atoms with Gasteiger partial charge in [0.05, 0.1) is 22.2 Å². The summed E-state index contributed by atoms with van der Waals surface area (Å²) >= 11 is 30.5. The van der Waals surface area contributed by atoms with Crippen molar-refractivity contribution in [1.82, 2.24) is 0 Å². The Hall–Kier alpha value is -0.550. The summed E-state index contributed by atoms with van der Waals surface area (Å²) in [7, 11) is 1.58. The second-order valence-electron chi connectivity index (χ2n) is 5.52. The van der Waals surface area contributed by atoms with Crippen molar-refractivity contribution in [1.29, 1.82) is 0 Å². The third-order valence-corrected chi connectivity index (χ3v) is 5.69. The van der Waals surface area contributed by atoms with Gasteiger partial charge in [-0.25, -0.2) is 0 Å². The first-order chi connectivity index (χ1) is 11.8. The van der Waals surface area contributed by atoms with E-state index in [1.807, 2.05) is 25.1 Å². The van der Waals surface area contributed by atoms with Crippen LogP contribution >= 0.6 is 58.0 Å². The van der Waals surface area contributed by atoms with Gasteiger partial charge in [-0.2, -0.15) is 0 Å². The summed E-state index contributed by atoms with van der Waals surface area (Å²) in [6.45, 7) is 2.10. The van der Waals surface area contributed by atoms with Crippen LogP contribution in [0.25, 0.3) is 0 Å². The van der Waals surface area contributed by atoms with E-state index in [0.717, 1.165) is 17.5 Å². The molecule has 0 spiro atoms. The first-order valence-corrected chi connectivity index (χ1v) is 9.20. The number of rotatable bonds is 6. The number of hydrogen-bond acceptors (Lipinski definition) is 3. The lowest BCUT2D eigenvalue weighted by Gasteiger charge is -2.16. The van der Waals surface area contributed by atoms with Crippen molar-refractivity contribution in [3.63, 3.8) is 0 Å². The Balaban J connectivity index is 2.33. The molecular weight excluding hydrogens is 427 g/mol. The van der Waals surface area contributed by atoms with Crippen LogP contribution < -0.4 is 15.2 Å². The molecule has 2 rings (SSSR count). The van der Waals surface area contributed by atoms with Gasteiger partial charge in [0.25, 0.3) is 0 Å². The smallest absolute Gasteiger partial charge is 0.160 e. The van der Waals surface area contributed by atoms with Crippen LogP contribution in [0, 0.1) is 0 Å². The maximum Gasteiger partial charge on any atom is 0.160 e. The molecule has 0 radical (unpaired) electrons. The number of nitrogens with two attached hydrogens (primary N) is 1. The summed E-state index contributed by atoms with van der Waals surface area (Å²) in [5.41, 5.74) is 7.74. The number of ether oxygens (including phenoxy) is 2. The average Bonchev–Trinajstić information content (AvgIpc) is 2.58. The first kappa shape index (κ1) is 20.8. The minimum atomic E-state index is 0.0416. The second kappa shape index (κ2) is 8.90. The SMILES string of the molecule is COc1ccc(CC(C)N)cc1COc1c(Cl)c(Cl)c(Cl)c(Cl)c1Cl. The molecule has 25 heavy (non-hydrogen) atoms. The molecule has 136 valence electrons. The lowest BCUT2D eigenvalue weighted by Crippen LogP contribution is -2.17. The molecule has 0 fully saturated rings. The Morgan fingerprint density at radius 3 is 2.04 bits per heavy atom. The van der Waals surface area contributed by atoms with Crippen molar-refractivity contribution in [2.75, 3.05) is 7.11 Å². The summed E-state index contributed by atoms with van der Waals surface area (Å²) in [6.07, 6.45) is 0.733. The lowest BCUT2D eigenvalue weighted by atomic mass is 10.0. The summed E-state index contributed by atoms with van der Waals surface area (Å²) < 4.78 is 11.1. The van der Waals surface area contributed by atoms with Crippen LogP contribution in [0.5, 0.6) is 11.5 Å². The van der Waals surface area contributed by atoms with E-state index in [9.17, 15) is 0 Å². The van der Waals surface area contributed by atoms with Crippen LogP contribution in [0.2, 0.25) is 25.1 Å². The molecular formula is C17H16Cl5NO2. The molecule has 0 amide bonds. The third kappa shape index (κ3) is 4.79. The minimum Gasteiger partial charge on any atom is -0.496 e. The molecule has 1 unspecified atom stereocenters. The number of hydrogen-bond donors (Lipinski definition) is 1. The van der Waals surface area contributed by atoms with E-state index in [-0.39, 0.29) is 43.5 Å². The van der Waals surface area contributed by atoms with Gasteiger partial charge in [0.1, 0.15) is 22.4 Å². The van der Waals surface area contributed by atoms with E-state index >= 15 is 0 Å². The van der Waals surface area contributed by atoms with Gasteiger partial charge in [-0.15, -0.1) is 0 Å². The maximum absolute atomic E-state index is 6.18. The highest BCUT2D eigenvalue weighted by Gasteiger charge is 2.21. The molecule has 1 atom stereocenters. The van der Waals surface area contributed by atoms with Crippen molar-refractivity contribution < 1.29 is 9.47 Å². The summed E-state index contributed by atoms with van der Waals surface area (Å²) in [5.74, 6) is 0.842. The number of halogens is 5. The largest absolute Gasteiger partial charge is 0.496 e. The summed E-state index contributed by atoms with van der Waals surface area (Å²) in [5, 5.41) is 0.469. The molecule has 8 heteroatoms. The zero-order valence-electron chi connectivity index (χ0n) is 13.5. The van der Waals surface area contributed by atoms with Crippen molar-refractivity contribution in [2.45, 2.75) is 26.0 Å². The van der Waals surface area contributed by atoms with Crippen LogP contribution in [0.1, 0.15) is 18.1 Å². The highest BCUT2D eigenvalue weighted by Crippen LogP contribution is 2.48. The molecule has 0 saturated carbocycles.